The van der Waals surface area contributed by atoms with Crippen LogP contribution in [-0.2, 0) is 6.42 Å². The van der Waals surface area contributed by atoms with Crippen LogP contribution < -0.4 is 0 Å². The Kier molecular flexibility index (Phi) is 2.55. The lowest BCUT2D eigenvalue weighted by molar-refractivity contribution is 0.409. The fourth-order valence-corrected chi connectivity index (χ4v) is 1.37. The van der Waals surface area contributed by atoms with E-state index >= 15 is 0 Å². The van der Waals surface area contributed by atoms with E-state index in [0.29, 0.717) is 5.65 Å². The number of pyridine rings is 1. The van der Waals surface area contributed by atoms with Crippen LogP contribution in [0, 0.1) is 0 Å². The highest BCUT2D eigenvalue weighted by molar-refractivity contribution is 5.51. The van der Waals surface area contributed by atoms with Gasteiger partial charge >= 0.3 is 0 Å². The molecule has 0 aliphatic rings. The van der Waals surface area contributed by atoms with Crippen molar-refractivity contribution in [2.75, 3.05) is 20.6 Å². The van der Waals surface area contributed by atoms with Crippen LogP contribution >= 0.6 is 0 Å². The van der Waals surface area contributed by atoms with Gasteiger partial charge in [0.05, 0.1) is 0 Å². The lowest BCUT2D eigenvalue weighted by atomic mass is 10.4. The maximum atomic E-state index is 9.53. The molecule has 0 fully saturated rings. The Balaban J connectivity index is 2.27. The van der Waals surface area contributed by atoms with Crippen LogP contribution in [0.2, 0.25) is 0 Å². The largest absolute Gasteiger partial charge is 0.504 e. The molecule has 15 heavy (non-hydrogen) atoms. The minimum atomic E-state index is 0.168. The van der Waals surface area contributed by atoms with Crippen LogP contribution in [-0.4, -0.2) is 45.2 Å². The average Bonchev–Trinajstić information content (AvgIpc) is 2.59. The summed E-state index contributed by atoms with van der Waals surface area (Å²) in [5.74, 6) is 0.923. The lowest BCUT2D eigenvalue weighted by Crippen LogP contribution is -2.15. The van der Waals surface area contributed by atoms with E-state index in [1.807, 2.05) is 14.1 Å². The Labute approximate surface area is 88.0 Å². The number of aromatic nitrogens is 3. The summed E-state index contributed by atoms with van der Waals surface area (Å²) in [5.41, 5.74) is 0.520. The Hall–Kier alpha value is -1.62. The summed E-state index contributed by atoms with van der Waals surface area (Å²) in [5, 5.41) is 13.8. The smallest absolute Gasteiger partial charge is 0.197 e. The Morgan fingerprint density at radius 2 is 2.27 bits per heavy atom. The molecule has 5 heteroatoms. The second-order valence-corrected chi connectivity index (χ2v) is 3.74. The van der Waals surface area contributed by atoms with Gasteiger partial charge in [-0.05, 0) is 26.2 Å². The molecule has 0 saturated heterocycles. The highest BCUT2D eigenvalue weighted by Gasteiger charge is 2.06. The first-order chi connectivity index (χ1) is 7.16. The van der Waals surface area contributed by atoms with Gasteiger partial charge in [0, 0.05) is 19.2 Å². The van der Waals surface area contributed by atoms with Crippen LogP contribution in [0.25, 0.3) is 5.65 Å². The fourth-order valence-electron chi connectivity index (χ4n) is 1.37. The van der Waals surface area contributed by atoms with Gasteiger partial charge in [0.1, 0.15) is 0 Å². The lowest BCUT2D eigenvalue weighted by Gasteiger charge is -2.05. The maximum Gasteiger partial charge on any atom is 0.197 e. The van der Waals surface area contributed by atoms with Crippen molar-refractivity contribution in [3.8, 4) is 5.75 Å². The van der Waals surface area contributed by atoms with Crippen LogP contribution in [0.15, 0.2) is 18.3 Å². The molecular weight excluding hydrogens is 192 g/mol. The van der Waals surface area contributed by atoms with Crippen molar-refractivity contribution in [3.63, 3.8) is 0 Å². The van der Waals surface area contributed by atoms with Gasteiger partial charge in [-0.15, -0.1) is 0 Å². The van der Waals surface area contributed by atoms with Gasteiger partial charge in [-0.2, -0.15) is 5.10 Å². The Morgan fingerprint density at radius 3 is 2.93 bits per heavy atom. The van der Waals surface area contributed by atoms with Crippen LogP contribution in [0.1, 0.15) is 5.82 Å². The number of hydrogen-bond donors (Lipinski definition) is 1. The van der Waals surface area contributed by atoms with Crippen molar-refractivity contribution in [3.05, 3.63) is 24.2 Å². The van der Waals surface area contributed by atoms with Crippen molar-refractivity contribution in [1.29, 1.82) is 0 Å². The Morgan fingerprint density at radius 1 is 1.47 bits per heavy atom. The zero-order chi connectivity index (χ0) is 10.8. The average molecular weight is 206 g/mol. The van der Waals surface area contributed by atoms with E-state index in [2.05, 4.69) is 15.0 Å². The second-order valence-electron chi connectivity index (χ2n) is 3.74. The zero-order valence-corrected chi connectivity index (χ0v) is 8.88. The standard InChI is InChI=1S/C10H14N4O/c1-13(2)7-5-9-11-10-8(15)4-3-6-14(10)12-9/h3-4,6,15H,5,7H2,1-2H3. The van der Waals surface area contributed by atoms with Crippen molar-refractivity contribution in [2.45, 2.75) is 6.42 Å². The van der Waals surface area contributed by atoms with Gasteiger partial charge in [0.25, 0.3) is 0 Å². The maximum absolute atomic E-state index is 9.53. The van der Waals surface area contributed by atoms with Gasteiger partial charge in [0.15, 0.2) is 17.2 Å². The zero-order valence-electron chi connectivity index (χ0n) is 8.88. The summed E-state index contributed by atoms with van der Waals surface area (Å²) in [4.78, 5) is 6.33. The molecule has 0 radical (unpaired) electrons. The molecule has 80 valence electrons. The van der Waals surface area contributed by atoms with Gasteiger partial charge in [-0.1, -0.05) is 0 Å². The number of rotatable bonds is 3. The molecule has 0 amide bonds. The van der Waals surface area contributed by atoms with Crippen molar-refractivity contribution in [2.24, 2.45) is 0 Å². The molecule has 5 nitrogen and oxygen atoms in total. The molecule has 1 N–H and O–H groups in total. The van der Waals surface area contributed by atoms with E-state index in [0.717, 1.165) is 18.8 Å². The molecule has 0 aliphatic carbocycles. The molecule has 0 unspecified atom stereocenters. The van der Waals surface area contributed by atoms with Gasteiger partial charge in [-0.3, -0.25) is 0 Å². The second kappa shape index (κ2) is 3.86. The summed E-state index contributed by atoms with van der Waals surface area (Å²) in [6, 6.07) is 3.35. The third-order valence-electron chi connectivity index (χ3n) is 2.17. The van der Waals surface area contributed by atoms with Crippen molar-refractivity contribution >= 4 is 5.65 Å². The van der Waals surface area contributed by atoms with Crippen LogP contribution in [0.5, 0.6) is 5.75 Å². The highest BCUT2D eigenvalue weighted by atomic mass is 16.3. The molecule has 0 bridgehead atoms. The Bertz CT molecular complexity index is 463. The van der Waals surface area contributed by atoms with Crippen LogP contribution in [0.4, 0.5) is 0 Å². The minimum absolute atomic E-state index is 0.168. The van der Waals surface area contributed by atoms with Crippen molar-refractivity contribution < 1.29 is 5.11 Å². The summed E-state index contributed by atoms with van der Waals surface area (Å²) >= 11 is 0. The third-order valence-corrected chi connectivity index (χ3v) is 2.17. The monoisotopic (exact) mass is 206 g/mol. The number of fused-ring (bicyclic) bond motifs is 1. The molecule has 2 rings (SSSR count). The summed E-state index contributed by atoms with van der Waals surface area (Å²) in [7, 11) is 4.01. The SMILES string of the molecule is CN(C)CCc1nc2c(O)cccn2n1. The molecule has 0 aliphatic heterocycles. The minimum Gasteiger partial charge on any atom is -0.504 e. The predicted octanol–water partition coefficient (Wildman–Crippen LogP) is 0.539. The van der Waals surface area contributed by atoms with E-state index in [9.17, 15) is 5.11 Å². The van der Waals surface area contributed by atoms with E-state index in [1.165, 1.54) is 0 Å². The summed E-state index contributed by atoms with van der Waals surface area (Å²) in [6.07, 6.45) is 2.56. The number of nitrogens with zero attached hydrogens (tertiary/aromatic N) is 4. The van der Waals surface area contributed by atoms with Gasteiger partial charge < -0.3 is 10.0 Å². The molecule has 2 aromatic rings. The van der Waals surface area contributed by atoms with Gasteiger partial charge in [0.2, 0.25) is 0 Å². The van der Waals surface area contributed by atoms with E-state index in [-0.39, 0.29) is 5.75 Å². The van der Waals surface area contributed by atoms with E-state index in [1.54, 1.807) is 22.8 Å². The normalized spacial score (nSPS) is 11.4. The number of likely N-dealkylation sites (N-methyl/N-ethyl adjacent to an activating group) is 1. The molecule has 2 aromatic heterocycles. The quantitative estimate of drug-likeness (QED) is 0.796. The molecular formula is C10H14N4O. The molecule has 0 spiro atoms. The first kappa shape index (κ1) is 9.92. The number of aromatic hydroxyl groups is 1. The van der Waals surface area contributed by atoms with E-state index in [4.69, 9.17) is 0 Å². The summed E-state index contributed by atoms with van der Waals surface area (Å²) < 4.78 is 1.60. The van der Waals surface area contributed by atoms with Crippen molar-refractivity contribution in [1.82, 2.24) is 19.5 Å². The first-order valence-corrected chi connectivity index (χ1v) is 4.85. The number of hydrogen-bond acceptors (Lipinski definition) is 4. The fraction of sp³-hybridized carbons (Fsp3) is 0.400. The van der Waals surface area contributed by atoms with Crippen LogP contribution in [0.3, 0.4) is 0 Å². The molecule has 2 heterocycles. The molecule has 0 saturated carbocycles. The highest BCUT2D eigenvalue weighted by Crippen LogP contribution is 2.14. The first-order valence-electron chi connectivity index (χ1n) is 4.85. The third kappa shape index (κ3) is 2.07. The summed E-state index contributed by atoms with van der Waals surface area (Å²) in [6.45, 7) is 0.900. The molecule has 0 atom stereocenters. The van der Waals surface area contributed by atoms with Gasteiger partial charge in [-0.25, -0.2) is 9.50 Å². The topological polar surface area (TPSA) is 53.7 Å². The predicted molar refractivity (Wildman–Crippen MR) is 56.9 cm³/mol. The molecule has 0 aromatic carbocycles. The van der Waals surface area contributed by atoms with E-state index < -0.39 is 0 Å².